The van der Waals surface area contributed by atoms with Crippen molar-refractivity contribution in [3.05, 3.63) is 68.2 Å². The molecule has 0 saturated carbocycles. The number of rotatable bonds is 7. The minimum Gasteiger partial charge on any atom is -0.476 e. The van der Waals surface area contributed by atoms with Crippen LogP contribution in [-0.2, 0) is 17.7 Å². The van der Waals surface area contributed by atoms with Crippen molar-refractivity contribution in [2.24, 2.45) is 0 Å². The SMILES string of the molecule is CC.Cc1c(CCNC(=O)OC(C)(C)C)nc2c(CNc3ccc(Cl)nc3C(=O)O)cc(F)cn2c1=O. The first-order chi connectivity index (χ1) is 17.4. The van der Waals surface area contributed by atoms with Gasteiger partial charge in [0.05, 0.1) is 11.4 Å². The van der Waals surface area contributed by atoms with Crippen molar-refractivity contribution in [3.63, 3.8) is 0 Å². The highest BCUT2D eigenvalue weighted by Gasteiger charge is 2.18. The van der Waals surface area contributed by atoms with E-state index in [0.29, 0.717) is 16.8 Å². The topological polar surface area (TPSA) is 135 Å². The molecule has 0 fully saturated rings. The van der Waals surface area contributed by atoms with Crippen LogP contribution in [0.2, 0.25) is 5.15 Å². The van der Waals surface area contributed by atoms with E-state index in [0.717, 1.165) is 10.6 Å². The summed E-state index contributed by atoms with van der Waals surface area (Å²) in [4.78, 5) is 44.6. The number of anilines is 1. The lowest BCUT2D eigenvalue weighted by Crippen LogP contribution is -2.34. The van der Waals surface area contributed by atoms with Crippen LogP contribution in [-0.4, -0.2) is 43.7 Å². The molecule has 3 aromatic heterocycles. The monoisotopic (exact) mass is 535 g/mol. The Bertz CT molecular complexity index is 1350. The Hall–Kier alpha value is -3.73. The van der Waals surface area contributed by atoms with Gasteiger partial charge in [-0.1, -0.05) is 25.4 Å². The molecule has 3 N–H and O–H groups in total. The Morgan fingerprint density at radius 3 is 2.51 bits per heavy atom. The number of amides is 1. The molecule has 0 aliphatic heterocycles. The number of nitrogens with zero attached hydrogens (tertiary/aromatic N) is 3. The molecular formula is C25H31ClFN5O5. The zero-order valence-corrected chi connectivity index (χ0v) is 22.4. The lowest BCUT2D eigenvalue weighted by atomic mass is 10.1. The first-order valence-corrected chi connectivity index (χ1v) is 12.0. The molecular weight excluding hydrogens is 505 g/mol. The number of ether oxygens (including phenoxy) is 1. The number of hydrogen-bond donors (Lipinski definition) is 3. The van der Waals surface area contributed by atoms with E-state index in [1.165, 1.54) is 18.2 Å². The van der Waals surface area contributed by atoms with Gasteiger partial charge in [0, 0.05) is 36.8 Å². The zero-order chi connectivity index (χ0) is 27.9. The van der Waals surface area contributed by atoms with Gasteiger partial charge in [-0.25, -0.2) is 23.9 Å². The Morgan fingerprint density at radius 2 is 1.89 bits per heavy atom. The molecule has 0 bridgehead atoms. The molecule has 0 saturated heterocycles. The van der Waals surface area contributed by atoms with Crippen LogP contribution in [0.3, 0.4) is 0 Å². The number of aromatic carboxylic acids is 1. The van der Waals surface area contributed by atoms with Gasteiger partial charge in [-0.05, 0) is 45.9 Å². The number of carboxylic acid groups (broad SMARTS) is 1. The van der Waals surface area contributed by atoms with Crippen LogP contribution in [0.25, 0.3) is 5.65 Å². The number of halogens is 2. The van der Waals surface area contributed by atoms with E-state index >= 15 is 0 Å². The maximum atomic E-state index is 14.3. The van der Waals surface area contributed by atoms with Crippen LogP contribution in [0.1, 0.15) is 61.9 Å². The Morgan fingerprint density at radius 1 is 1.22 bits per heavy atom. The molecule has 0 atom stereocenters. The maximum Gasteiger partial charge on any atom is 0.407 e. The molecule has 0 radical (unpaired) electrons. The van der Waals surface area contributed by atoms with Crippen molar-refractivity contribution in [3.8, 4) is 0 Å². The molecule has 3 heterocycles. The molecule has 0 unspecified atom stereocenters. The number of carboxylic acids is 1. The van der Waals surface area contributed by atoms with Crippen LogP contribution in [0, 0.1) is 12.7 Å². The molecule has 1 amide bonds. The molecule has 10 nitrogen and oxygen atoms in total. The van der Waals surface area contributed by atoms with E-state index < -0.39 is 29.0 Å². The number of hydrogen-bond acceptors (Lipinski definition) is 7. The summed E-state index contributed by atoms with van der Waals surface area (Å²) in [5.74, 6) is -1.95. The summed E-state index contributed by atoms with van der Waals surface area (Å²) in [5, 5.41) is 14.9. The number of carbonyl (C=O) groups excluding carboxylic acids is 1. The molecule has 0 spiro atoms. The molecule has 3 rings (SSSR count). The Kier molecular flexibility index (Phi) is 9.96. The highest BCUT2D eigenvalue weighted by molar-refractivity contribution is 6.29. The lowest BCUT2D eigenvalue weighted by molar-refractivity contribution is 0.0527. The molecule has 0 aliphatic carbocycles. The number of fused-ring (bicyclic) bond motifs is 1. The molecule has 0 aromatic carbocycles. The average molecular weight is 536 g/mol. The zero-order valence-electron chi connectivity index (χ0n) is 21.6. The van der Waals surface area contributed by atoms with Gasteiger partial charge in [0.1, 0.15) is 22.2 Å². The predicted octanol–water partition coefficient (Wildman–Crippen LogP) is 4.59. The fraction of sp³-hybridized carbons (Fsp3) is 0.400. The van der Waals surface area contributed by atoms with E-state index in [1.807, 2.05) is 13.8 Å². The number of carbonyl (C=O) groups is 2. The second kappa shape index (κ2) is 12.5. The van der Waals surface area contributed by atoms with Crippen LogP contribution in [0.5, 0.6) is 0 Å². The second-order valence-electron chi connectivity index (χ2n) is 8.73. The Labute approximate surface area is 218 Å². The Balaban J connectivity index is 0.00000235. The first kappa shape index (κ1) is 29.5. The molecule has 12 heteroatoms. The van der Waals surface area contributed by atoms with Crippen molar-refractivity contribution in [2.45, 2.75) is 60.1 Å². The van der Waals surface area contributed by atoms with E-state index in [2.05, 4.69) is 20.6 Å². The van der Waals surface area contributed by atoms with Gasteiger partial charge < -0.3 is 20.5 Å². The summed E-state index contributed by atoms with van der Waals surface area (Å²) in [6, 6.07) is 4.07. The standard InChI is InChI=1S/C23H25ClFN5O5.C2H6/c1-12-15(7-8-26-22(34)35-23(2,3)4)28-19-13(9-14(25)11-30(19)20(12)31)10-27-16-5-6-17(24)29-18(16)21(32)33;1-2/h5-6,9,11,27H,7-8,10H2,1-4H3,(H,26,34)(H,32,33);1-2H3. The fourth-order valence-corrected chi connectivity index (χ4v) is 3.45. The minimum absolute atomic E-state index is 0.0116. The van der Waals surface area contributed by atoms with E-state index in [9.17, 15) is 23.9 Å². The molecule has 3 aromatic rings. The summed E-state index contributed by atoms with van der Waals surface area (Å²) in [5.41, 5.74) is 0.0178. The van der Waals surface area contributed by atoms with Gasteiger partial charge in [0.25, 0.3) is 5.56 Å². The van der Waals surface area contributed by atoms with E-state index in [4.69, 9.17) is 16.3 Å². The van der Waals surface area contributed by atoms with Crippen molar-refractivity contribution in [2.75, 3.05) is 11.9 Å². The third-order valence-electron chi connectivity index (χ3n) is 4.86. The highest BCUT2D eigenvalue weighted by Crippen LogP contribution is 2.20. The summed E-state index contributed by atoms with van der Waals surface area (Å²) < 4.78 is 20.6. The first-order valence-electron chi connectivity index (χ1n) is 11.7. The number of nitrogens with one attached hydrogen (secondary N) is 2. The van der Waals surface area contributed by atoms with Crippen LogP contribution in [0.15, 0.2) is 29.2 Å². The largest absolute Gasteiger partial charge is 0.476 e. The smallest absolute Gasteiger partial charge is 0.407 e. The third-order valence-corrected chi connectivity index (χ3v) is 5.07. The van der Waals surface area contributed by atoms with Crippen LogP contribution < -0.4 is 16.2 Å². The van der Waals surface area contributed by atoms with E-state index in [-0.39, 0.29) is 41.7 Å². The van der Waals surface area contributed by atoms with Gasteiger partial charge in [-0.2, -0.15) is 0 Å². The summed E-state index contributed by atoms with van der Waals surface area (Å²) in [7, 11) is 0. The fourth-order valence-electron chi connectivity index (χ4n) is 3.31. The minimum atomic E-state index is -1.29. The van der Waals surface area contributed by atoms with Crippen molar-refractivity contribution in [1.82, 2.24) is 19.7 Å². The lowest BCUT2D eigenvalue weighted by Gasteiger charge is -2.19. The van der Waals surface area contributed by atoms with Gasteiger partial charge in [0.15, 0.2) is 5.69 Å². The number of alkyl carbamates (subject to hydrolysis) is 1. The highest BCUT2D eigenvalue weighted by atomic mass is 35.5. The van der Waals surface area contributed by atoms with Crippen molar-refractivity contribution in [1.29, 1.82) is 0 Å². The summed E-state index contributed by atoms with van der Waals surface area (Å²) in [6.45, 7) is 10.9. The maximum absolute atomic E-state index is 14.3. The van der Waals surface area contributed by atoms with Crippen molar-refractivity contribution >= 4 is 35.0 Å². The molecule has 200 valence electrons. The van der Waals surface area contributed by atoms with Crippen molar-refractivity contribution < 1.29 is 23.8 Å². The third kappa shape index (κ3) is 7.88. The predicted molar refractivity (Wildman–Crippen MR) is 139 cm³/mol. The van der Waals surface area contributed by atoms with Crippen LogP contribution in [0.4, 0.5) is 14.9 Å². The normalized spacial score (nSPS) is 10.9. The number of pyridine rings is 2. The van der Waals surface area contributed by atoms with E-state index in [1.54, 1.807) is 27.7 Å². The number of aromatic nitrogens is 3. The summed E-state index contributed by atoms with van der Waals surface area (Å²) >= 11 is 5.79. The second-order valence-corrected chi connectivity index (χ2v) is 9.12. The van der Waals surface area contributed by atoms with Gasteiger partial charge in [0.2, 0.25) is 0 Å². The average Bonchev–Trinajstić information content (AvgIpc) is 2.81. The van der Waals surface area contributed by atoms with Gasteiger partial charge >= 0.3 is 12.1 Å². The quantitative estimate of drug-likeness (QED) is 0.374. The summed E-state index contributed by atoms with van der Waals surface area (Å²) in [6.07, 6.45) is 0.687. The van der Waals surface area contributed by atoms with Gasteiger partial charge in [-0.15, -0.1) is 0 Å². The van der Waals surface area contributed by atoms with Gasteiger partial charge in [-0.3, -0.25) is 9.20 Å². The molecule has 0 aliphatic rings. The molecule has 37 heavy (non-hydrogen) atoms. The van der Waals surface area contributed by atoms with Crippen LogP contribution >= 0.6 is 11.6 Å².